The Bertz CT molecular complexity index is 911. The van der Waals surface area contributed by atoms with E-state index in [1.165, 1.54) is 19.1 Å². The van der Waals surface area contributed by atoms with Crippen LogP contribution >= 0.6 is 0 Å². The highest BCUT2D eigenvalue weighted by Crippen LogP contribution is 2.36. The van der Waals surface area contributed by atoms with Crippen molar-refractivity contribution in [3.63, 3.8) is 0 Å². The topological polar surface area (TPSA) is 92.2 Å². The molecule has 0 saturated carbocycles. The second-order valence-electron chi connectivity index (χ2n) is 6.70. The van der Waals surface area contributed by atoms with Crippen molar-refractivity contribution in [2.24, 2.45) is 5.92 Å². The normalized spacial score (nSPS) is 16.4. The van der Waals surface area contributed by atoms with Crippen molar-refractivity contribution in [2.75, 3.05) is 0 Å². The molecule has 3 rings (SSSR count). The molecule has 9 heteroatoms. The van der Waals surface area contributed by atoms with E-state index in [9.17, 15) is 22.8 Å². The Balaban J connectivity index is 1.69. The van der Waals surface area contributed by atoms with E-state index in [2.05, 4.69) is 15.3 Å². The summed E-state index contributed by atoms with van der Waals surface area (Å²) in [5.74, 6) is -1.92. The number of aryl methyl sites for hydroxylation is 2. The Kier molecular flexibility index (Phi) is 5.35. The lowest BCUT2D eigenvalue weighted by atomic mass is 9.85. The van der Waals surface area contributed by atoms with Gasteiger partial charge in [0.1, 0.15) is 5.82 Å². The van der Waals surface area contributed by atoms with Crippen molar-refractivity contribution in [1.82, 2.24) is 15.3 Å². The quantitative estimate of drug-likeness (QED) is 0.833. The number of carbonyl (C=O) groups is 2. The number of aromatic carboxylic acids is 1. The van der Waals surface area contributed by atoms with E-state index in [1.54, 1.807) is 12.1 Å². The average molecular weight is 393 g/mol. The summed E-state index contributed by atoms with van der Waals surface area (Å²) in [4.78, 5) is 31.0. The molecule has 0 spiro atoms. The van der Waals surface area contributed by atoms with Gasteiger partial charge in [0.15, 0.2) is 5.69 Å². The summed E-state index contributed by atoms with van der Waals surface area (Å²) < 4.78 is 39.9. The molecule has 1 aliphatic rings. The van der Waals surface area contributed by atoms with Crippen molar-refractivity contribution >= 4 is 11.9 Å². The number of aromatic nitrogens is 2. The Hall–Kier alpha value is -2.97. The van der Waals surface area contributed by atoms with Crippen LogP contribution in [-0.2, 0) is 30.4 Å². The van der Waals surface area contributed by atoms with E-state index in [0.29, 0.717) is 17.7 Å². The van der Waals surface area contributed by atoms with E-state index in [-0.39, 0.29) is 42.2 Å². The summed E-state index contributed by atoms with van der Waals surface area (Å²) in [6.45, 7) is 1.59. The first kappa shape index (κ1) is 19.8. The van der Waals surface area contributed by atoms with Crippen LogP contribution in [0.5, 0.6) is 0 Å². The van der Waals surface area contributed by atoms with Crippen LogP contribution in [0.4, 0.5) is 13.2 Å². The number of nitrogens with one attached hydrogen (secondary N) is 1. The van der Waals surface area contributed by atoms with Crippen molar-refractivity contribution in [1.29, 1.82) is 0 Å². The van der Waals surface area contributed by atoms with Gasteiger partial charge in [-0.2, -0.15) is 13.2 Å². The summed E-state index contributed by atoms with van der Waals surface area (Å²) in [5, 5.41) is 11.6. The highest BCUT2D eigenvalue weighted by Gasteiger charge is 2.39. The molecule has 1 amide bonds. The predicted octanol–water partition coefficient (Wildman–Crippen LogP) is 2.92. The number of fused-ring (bicyclic) bond motifs is 1. The maximum absolute atomic E-state index is 13.3. The summed E-state index contributed by atoms with van der Waals surface area (Å²) in [5.41, 5.74) is 0.221. The second kappa shape index (κ2) is 7.57. The van der Waals surface area contributed by atoms with Crippen LogP contribution in [0.25, 0.3) is 0 Å². The number of amides is 1. The highest BCUT2D eigenvalue weighted by molar-refractivity contribution is 5.87. The maximum atomic E-state index is 13.3. The molecule has 1 aromatic heterocycles. The van der Waals surface area contributed by atoms with Crippen molar-refractivity contribution < 1.29 is 27.9 Å². The molecule has 1 aliphatic carbocycles. The maximum Gasteiger partial charge on any atom is 0.433 e. The van der Waals surface area contributed by atoms with Crippen LogP contribution in [0.3, 0.4) is 0 Å². The van der Waals surface area contributed by atoms with Crippen molar-refractivity contribution in [3.05, 3.63) is 58.2 Å². The molecule has 2 N–H and O–H groups in total. The zero-order valence-electron chi connectivity index (χ0n) is 15.0. The summed E-state index contributed by atoms with van der Waals surface area (Å²) >= 11 is 0. The highest BCUT2D eigenvalue weighted by atomic mass is 19.4. The number of rotatable bonds is 4. The molecule has 1 atom stereocenters. The number of carboxylic acid groups (broad SMARTS) is 1. The van der Waals surface area contributed by atoms with Crippen LogP contribution in [0.1, 0.15) is 45.1 Å². The van der Waals surface area contributed by atoms with Crippen molar-refractivity contribution in [2.45, 2.75) is 38.9 Å². The van der Waals surface area contributed by atoms with Gasteiger partial charge in [0.25, 0.3) is 0 Å². The van der Waals surface area contributed by atoms with Crippen LogP contribution in [0, 0.1) is 12.8 Å². The lowest BCUT2D eigenvalue weighted by Gasteiger charge is -2.25. The zero-order chi connectivity index (χ0) is 20.5. The number of benzene rings is 1. The van der Waals surface area contributed by atoms with E-state index in [1.807, 2.05) is 0 Å². The number of carbonyl (C=O) groups excluding carboxylic acids is 1. The van der Waals surface area contributed by atoms with E-state index >= 15 is 0 Å². The van der Waals surface area contributed by atoms with E-state index < -0.39 is 23.8 Å². The fourth-order valence-corrected chi connectivity index (χ4v) is 3.29. The van der Waals surface area contributed by atoms with Gasteiger partial charge in [0.05, 0.1) is 5.56 Å². The predicted molar refractivity (Wildman–Crippen MR) is 92.5 cm³/mol. The minimum absolute atomic E-state index is 0.00434. The largest absolute Gasteiger partial charge is 0.478 e. The Morgan fingerprint density at radius 2 is 1.89 bits per heavy atom. The average Bonchev–Trinajstić information content (AvgIpc) is 2.64. The number of hydrogen-bond donors (Lipinski definition) is 2. The third-order valence-corrected chi connectivity index (χ3v) is 4.69. The summed E-state index contributed by atoms with van der Waals surface area (Å²) in [7, 11) is 0. The fourth-order valence-electron chi connectivity index (χ4n) is 3.29. The lowest BCUT2D eigenvalue weighted by molar-refractivity contribution is -0.142. The van der Waals surface area contributed by atoms with Crippen molar-refractivity contribution in [3.8, 4) is 0 Å². The third-order valence-electron chi connectivity index (χ3n) is 4.69. The number of hydrogen-bond acceptors (Lipinski definition) is 4. The summed E-state index contributed by atoms with van der Waals surface area (Å²) in [6, 6.07) is 6.02. The van der Waals surface area contributed by atoms with Crippen LogP contribution in [0.15, 0.2) is 24.3 Å². The number of nitrogens with zero attached hydrogens (tertiary/aromatic N) is 2. The monoisotopic (exact) mass is 393 g/mol. The van der Waals surface area contributed by atoms with Crippen LogP contribution in [0.2, 0.25) is 0 Å². The first-order valence-electron chi connectivity index (χ1n) is 8.68. The number of carboxylic acids is 1. The molecule has 1 heterocycles. The zero-order valence-corrected chi connectivity index (χ0v) is 15.0. The van der Waals surface area contributed by atoms with Gasteiger partial charge in [-0.3, -0.25) is 4.79 Å². The molecule has 0 fully saturated rings. The number of halogens is 3. The SMILES string of the molecule is Cc1nc2c(c(C(F)(F)F)n1)CC(C(=O)NCc1ccc(C(=O)O)cc1)CC2. The molecular formula is C19H18F3N3O3. The van der Waals surface area contributed by atoms with Gasteiger partial charge in [-0.15, -0.1) is 0 Å². The third kappa shape index (κ3) is 4.29. The molecule has 0 bridgehead atoms. The minimum atomic E-state index is -4.60. The van der Waals surface area contributed by atoms with Crippen LogP contribution < -0.4 is 5.32 Å². The van der Waals surface area contributed by atoms with Gasteiger partial charge < -0.3 is 10.4 Å². The van der Waals surface area contributed by atoms with Gasteiger partial charge in [-0.25, -0.2) is 14.8 Å². The molecule has 148 valence electrons. The van der Waals surface area contributed by atoms with Gasteiger partial charge in [0, 0.05) is 23.7 Å². The molecule has 6 nitrogen and oxygen atoms in total. The van der Waals surface area contributed by atoms with Crippen LogP contribution in [-0.4, -0.2) is 27.0 Å². The molecule has 2 aromatic rings. The Morgan fingerprint density at radius 1 is 1.21 bits per heavy atom. The molecular weight excluding hydrogens is 375 g/mol. The first-order chi connectivity index (χ1) is 13.1. The second-order valence-corrected chi connectivity index (χ2v) is 6.70. The van der Waals surface area contributed by atoms with Gasteiger partial charge in [0.2, 0.25) is 5.91 Å². The van der Waals surface area contributed by atoms with Gasteiger partial charge >= 0.3 is 12.1 Å². The van der Waals surface area contributed by atoms with Gasteiger partial charge in [-0.1, -0.05) is 12.1 Å². The molecule has 0 radical (unpaired) electrons. The number of alkyl halides is 3. The molecule has 1 aromatic carbocycles. The Morgan fingerprint density at radius 3 is 2.50 bits per heavy atom. The fraction of sp³-hybridized carbons (Fsp3) is 0.368. The molecule has 0 saturated heterocycles. The molecule has 0 aliphatic heterocycles. The molecule has 1 unspecified atom stereocenters. The summed E-state index contributed by atoms with van der Waals surface area (Å²) in [6.07, 6.45) is -3.96. The smallest absolute Gasteiger partial charge is 0.433 e. The van der Waals surface area contributed by atoms with E-state index in [4.69, 9.17) is 5.11 Å². The minimum Gasteiger partial charge on any atom is -0.478 e. The van der Waals surface area contributed by atoms with Gasteiger partial charge in [-0.05, 0) is 43.9 Å². The standard InChI is InChI=1S/C19H18F3N3O3/c1-10-24-15-7-6-13(8-14(15)16(25-10)19(20,21)22)17(26)23-9-11-2-4-12(5-3-11)18(27)28/h2-5,13H,6-9H2,1H3,(H,23,26)(H,27,28). The Labute approximate surface area is 158 Å². The molecule has 28 heavy (non-hydrogen) atoms. The lowest BCUT2D eigenvalue weighted by Crippen LogP contribution is -2.35. The van der Waals surface area contributed by atoms with E-state index in [0.717, 1.165) is 0 Å². The first-order valence-corrected chi connectivity index (χ1v) is 8.68.